The van der Waals surface area contributed by atoms with Gasteiger partial charge in [0.1, 0.15) is 5.60 Å². The molecule has 0 radical (unpaired) electrons. The highest BCUT2D eigenvalue weighted by molar-refractivity contribution is 5.69. The molecule has 3 rings (SSSR count). The van der Waals surface area contributed by atoms with Crippen LogP contribution in [0.2, 0.25) is 0 Å². The largest absolute Gasteiger partial charge is 0.444 e. The van der Waals surface area contributed by atoms with E-state index in [-0.39, 0.29) is 6.09 Å². The van der Waals surface area contributed by atoms with E-state index in [1.165, 1.54) is 11.1 Å². The van der Waals surface area contributed by atoms with Gasteiger partial charge < -0.3 is 9.64 Å². The van der Waals surface area contributed by atoms with E-state index < -0.39 is 5.60 Å². The summed E-state index contributed by atoms with van der Waals surface area (Å²) >= 11 is 0. The molecule has 1 aliphatic heterocycles. The third-order valence-electron chi connectivity index (χ3n) is 4.51. The van der Waals surface area contributed by atoms with Gasteiger partial charge in [0.05, 0.1) is 11.6 Å². The molecule has 2 aromatic carbocycles. The maximum Gasteiger partial charge on any atom is 0.410 e. The summed E-state index contributed by atoms with van der Waals surface area (Å²) in [5, 5.41) is 8.94. The molecule has 0 atom stereocenters. The van der Waals surface area contributed by atoms with Crippen LogP contribution in [0, 0.1) is 11.3 Å². The number of hydrogen-bond acceptors (Lipinski definition) is 3. The van der Waals surface area contributed by atoms with E-state index in [0.29, 0.717) is 18.7 Å². The molecular formula is C22H24N2O2. The molecule has 0 fully saturated rings. The second kappa shape index (κ2) is 7.21. The van der Waals surface area contributed by atoms with Gasteiger partial charge in [-0.3, -0.25) is 0 Å². The number of carbonyl (C=O) groups is 1. The SMILES string of the molecule is CC(C)(C)OC(=O)N1CCc2ccc(-c3ccc(C#N)cc3)cc2CC1. The maximum absolute atomic E-state index is 12.3. The zero-order valence-corrected chi connectivity index (χ0v) is 15.6. The normalized spacial score (nSPS) is 14.2. The number of fused-ring (bicyclic) bond motifs is 1. The van der Waals surface area contributed by atoms with Gasteiger partial charge in [-0.05, 0) is 68.0 Å². The number of amides is 1. The Kier molecular flexibility index (Phi) is 4.99. The highest BCUT2D eigenvalue weighted by Crippen LogP contribution is 2.26. The lowest BCUT2D eigenvalue weighted by atomic mass is 9.96. The lowest BCUT2D eigenvalue weighted by molar-refractivity contribution is 0.0258. The Morgan fingerprint density at radius 1 is 1.00 bits per heavy atom. The smallest absolute Gasteiger partial charge is 0.410 e. The Labute approximate surface area is 155 Å². The van der Waals surface area contributed by atoms with Gasteiger partial charge in [-0.25, -0.2) is 4.79 Å². The third kappa shape index (κ3) is 4.23. The Hall–Kier alpha value is -2.80. The van der Waals surface area contributed by atoms with Crippen LogP contribution in [-0.4, -0.2) is 29.7 Å². The van der Waals surface area contributed by atoms with Crippen LogP contribution in [-0.2, 0) is 17.6 Å². The van der Waals surface area contributed by atoms with Crippen LogP contribution >= 0.6 is 0 Å². The summed E-state index contributed by atoms with van der Waals surface area (Å²) in [5.74, 6) is 0. The first-order valence-electron chi connectivity index (χ1n) is 8.96. The van der Waals surface area contributed by atoms with Gasteiger partial charge in [0, 0.05) is 13.1 Å². The highest BCUT2D eigenvalue weighted by Gasteiger charge is 2.24. The standard InChI is InChI=1S/C22H24N2O2/c1-22(2,3)26-21(25)24-12-10-18-8-9-19(14-20(18)11-13-24)17-6-4-16(15-23)5-7-17/h4-9,14H,10-13H2,1-3H3. The number of rotatable bonds is 1. The minimum absolute atomic E-state index is 0.238. The number of benzene rings is 2. The van der Waals surface area contributed by atoms with Crippen molar-refractivity contribution in [1.29, 1.82) is 5.26 Å². The van der Waals surface area contributed by atoms with Gasteiger partial charge in [-0.1, -0.05) is 30.3 Å². The summed E-state index contributed by atoms with van der Waals surface area (Å²) in [6, 6.07) is 16.2. The van der Waals surface area contributed by atoms with Crippen molar-refractivity contribution in [2.45, 2.75) is 39.2 Å². The number of carbonyl (C=O) groups excluding carboxylic acids is 1. The van der Waals surface area contributed by atoms with Crippen LogP contribution in [0.3, 0.4) is 0 Å². The molecule has 1 amide bonds. The van der Waals surface area contributed by atoms with Crippen molar-refractivity contribution in [3.63, 3.8) is 0 Å². The van der Waals surface area contributed by atoms with Gasteiger partial charge >= 0.3 is 6.09 Å². The predicted molar refractivity (Wildman–Crippen MR) is 102 cm³/mol. The van der Waals surface area contributed by atoms with Gasteiger partial charge in [-0.2, -0.15) is 5.26 Å². The predicted octanol–water partition coefficient (Wildman–Crippen LogP) is 4.56. The van der Waals surface area contributed by atoms with Gasteiger partial charge in [0.15, 0.2) is 0 Å². The van der Waals surface area contributed by atoms with Crippen molar-refractivity contribution in [1.82, 2.24) is 4.90 Å². The number of nitriles is 1. The van der Waals surface area contributed by atoms with E-state index in [0.717, 1.165) is 24.0 Å². The van der Waals surface area contributed by atoms with Crippen LogP contribution < -0.4 is 0 Å². The van der Waals surface area contributed by atoms with E-state index in [9.17, 15) is 4.79 Å². The molecule has 1 heterocycles. The fraction of sp³-hybridized carbons (Fsp3) is 0.364. The van der Waals surface area contributed by atoms with Crippen LogP contribution in [0.5, 0.6) is 0 Å². The molecule has 4 heteroatoms. The summed E-state index contributed by atoms with van der Waals surface area (Å²) in [7, 11) is 0. The Morgan fingerprint density at radius 3 is 2.23 bits per heavy atom. The zero-order valence-electron chi connectivity index (χ0n) is 15.6. The number of hydrogen-bond donors (Lipinski definition) is 0. The van der Waals surface area contributed by atoms with Gasteiger partial charge in [-0.15, -0.1) is 0 Å². The maximum atomic E-state index is 12.3. The third-order valence-corrected chi connectivity index (χ3v) is 4.51. The Balaban J connectivity index is 1.76. The second-order valence-electron chi connectivity index (χ2n) is 7.64. The van der Waals surface area contributed by atoms with Gasteiger partial charge in [0.25, 0.3) is 0 Å². The summed E-state index contributed by atoms with van der Waals surface area (Å²) < 4.78 is 5.51. The molecule has 134 valence electrons. The molecule has 0 unspecified atom stereocenters. The van der Waals surface area contributed by atoms with Crippen LogP contribution in [0.4, 0.5) is 4.79 Å². The molecule has 4 nitrogen and oxygen atoms in total. The minimum Gasteiger partial charge on any atom is -0.444 e. The zero-order chi connectivity index (χ0) is 18.7. The first-order valence-corrected chi connectivity index (χ1v) is 8.96. The molecule has 0 N–H and O–H groups in total. The van der Waals surface area contributed by atoms with E-state index in [2.05, 4.69) is 24.3 Å². The van der Waals surface area contributed by atoms with Crippen LogP contribution in [0.1, 0.15) is 37.5 Å². The molecule has 0 aromatic heterocycles. The fourth-order valence-electron chi connectivity index (χ4n) is 3.15. The quantitative estimate of drug-likeness (QED) is 0.759. The van der Waals surface area contributed by atoms with Crippen LogP contribution in [0.15, 0.2) is 42.5 Å². The van der Waals surface area contributed by atoms with Crippen molar-refractivity contribution in [2.75, 3.05) is 13.1 Å². The average Bonchev–Trinajstić information content (AvgIpc) is 2.82. The van der Waals surface area contributed by atoms with Crippen molar-refractivity contribution < 1.29 is 9.53 Å². The van der Waals surface area contributed by atoms with E-state index >= 15 is 0 Å². The number of ether oxygens (including phenoxy) is 1. The monoisotopic (exact) mass is 348 g/mol. The first-order chi connectivity index (χ1) is 12.4. The Morgan fingerprint density at radius 2 is 1.62 bits per heavy atom. The molecule has 0 aliphatic carbocycles. The van der Waals surface area contributed by atoms with Gasteiger partial charge in [0.2, 0.25) is 0 Å². The first kappa shape index (κ1) is 18.0. The second-order valence-corrected chi connectivity index (χ2v) is 7.64. The molecule has 0 spiro atoms. The summed E-state index contributed by atoms with van der Waals surface area (Å²) in [6.45, 7) is 7.01. The summed E-state index contributed by atoms with van der Waals surface area (Å²) in [6.07, 6.45) is 1.42. The van der Waals surface area contributed by atoms with Crippen molar-refractivity contribution in [3.8, 4) is 17.2 Å². The molecule has 26 heavy (non-hydrogen) atoms. The average molecular weight is 348 g/mol. The lowest BCUT2D eigenvalue weighted by Crippen LogP contribution is -2.38. The van der Waals surface area contributed by atoms with Crippen LogP contribution in [0.25, 0.3) is 11.1 Å². The molecular weight excluding hydrogens is 324 g/mol. The minimum atomic E-state index is -0.473. The summed E-state index contributed by atoms with van der Waals surface area (Å²) in [5.41, 5.74) is 4.99. The summed E-state index contributed by atoms with van der Waals surface area (Å²) in [4.78, 5) is 14.1. The molecule has 2 aromatic rings. The molecule has 0 bridgehead atoms. The van der Waals surface area contributed by atoms with E-state index in [1.807, 2.05) is 45.0 Å². The van der Waals surface area contributed by atoms with Crippen molar-refractivity contribution >= 4 is 6.09 Å². The van der Waals surface area contributed by atoms with Crippen molar-refractivity contribution in [2.24, 2.45) is 0 Å². The fourth-order valence-corrected chi connectivity index (χ4v) is 3.15. The van der Waals surface area contributed by atoms with E-state index in [4.69, 9.17) is 10.00 Å². The van der Waals surface area contributed by atoms with Crippen molar-refractivity contribution in [3.05, 3.63) is 59.2 Å². The lowest BCUT2D eigenvalue weighted by Gasteiger charge is -2.26. The molecule has 0 saturated carbocycles. The van der Waals surface area contributed by atoms with E-state index in [1.54, 1.807) is 4.90 Å². The Bertz CT molecular complexity index is 842. The molecule has 1 aliphatic rings. The highest BCUT2D eigenvalue weighted by atomic mass is 16.6. The molecule has 0 saturated heterocycles. The number of nitrogens with zero attached hydrogens (tertiary/aromatic N) is 2. The topological polar surface area (TPSA) is 53.3 Å².